The van der Waals surface area contributed by atoms with Crippen LogP contribution in [0, 0.1) is 11.6 Å². The van der Waals surface area contributed by atoms with Gasteiger partial charge in [-0.05, 0) is 12.1 Å². The number of nitrogen functional groups attached to an aromatic ring is 1. The Morgan fingerprint density at radius 3 is 2.44 bits per heavy atom. The van der Waals surface area contributed by atoms with Crippen molar-refractivity contribution < 1.29 is 13.6 Å². The van der Waals surface area contributed by atoms with Crippen molar-refractivity contribution in [1.29, 1.82) is 0 Å². The van der Waals surface area contributed by atoms with Crippen LogP contribution in [0.3, 0.4) is 0 Å². The van der Waals surface area contributed by atoms with E-state index in [0.717, 1.165) is 12.1 Å². The minimum Gasteiger partial charge on any atom is -0.394 e. The highest BCUT2D eigenvalue weighted by atomic mass is 19.1. The summed E-state index contributed by atoms with van der Waals surface area (Å²) in [5.74, 6) is -2.49. The monoisotopic (exact) mass is 250 g/mol. The number of nitrogens with one attached hydrogen (secondary N) is 1. The van der Waals surface area contributed by atoms with E-state index in [0.29, 0.717) is 0 Å². The fraction of sp³-hybridized carbons (Fsp3) is 0. The van der Waals surface area contributed by atoms with Crippen LogP contribution < -0.4 is 11.1 Å². The van der Waals surface area contributed by atoms with Crippen molar-refractivity contribution in [2.45, 2.75) is 0 Å². The third-order valence-electron chi connectivity index (χ3n) is 2.15. The Kier molecular flexibility index (Phi) is 3.13. The lowest BCUT2D eigenvalue weighted by atomic mass is 10.1. The molecule has 5 nitrogen and oxygen atoms in total. The van der Waals surface area contributed by atoms with Crippen LogP contribution in [0.1, 0.15) is 10.4 Å². The Labute approximate surface area is 101 Å². The number of benzene rings is 1. The second-order valence-corrected chi connectivity index (χ2v) is 3.40. The van der Waals surface area contributed by atoms with Gasteiger partial charge in [0.05, 0.1) is 6.20 Å². The zero-order valence-corrected chi connectivity index (χ0v) is 9.02. The second-order valence-electron chi connectivity index (χ2n) is 3.40. The largest absolute Gasteiger partial charge is 0.394 e. The Hall–Kier alpha value is -2.57. The molecule has 0 bridgehead atoms. The molecular weight excluding hydrogens is 242 g/mol. The highest BCUT2D eigenvalue weighted by molar-refractivity contribution is 6.03. The zero-order chi connectivity index (χ0) is 13.1. The third kappa shape index (κ3) is 2.40. The van der Waals surface area contributed by atoms with E-state index >= 15 is 0 Å². The summed E-state index contributed by atoms with van der Waals surface area (Å²) in [6, 6.07) is 1.70. The van der Waals surface area contributed by atoms with Crippen LogP contribution in [0.2, 0.25) is 0 Å². The first-order valence-electron chi connectivity index (χ1n) is 4.90. The molecule has 3 N–H and O–H groups in total. The molecule has 1 aromatic carbocycles. The Morgan fingerprint density at radius 2 is 1.89 bits per heavy atom. The number of hydrogen-bond acceptors (Lipinski definition) is 4. The predicted octanol–water partition coefficient (Wildman–Crippen LogP) is 1.59. The van der Waals surface area contributed by atoms with Crippen LogP contribution in [0.25, 0.3) is 0 Å². The molecule has 0 fully saturated rings. The van der Waals surface area contributed by atoms with E-state index in [1.54, 1.807) is 0 Å². The smallest absolute Gasteiger partial charge is 0.257 e. The fourth-order valence-electron chi connectivity index (χ4n) is 1.27. The molecule has 0 aliphatic carbocycles. The van der Waals surface area contributed by atoms with Crippen molar-refractivity contribution in [1.82, 2.24) is 9.97 Å². The van der Waals surface area contributed by atoms with Gasteiger partial charge in [0, 0.05) is 18.0 Å². The topological polar surface area (TPSA) is 80.9 Å². The highest BCUT2D eigenvalue weighted by Gasteiger charge is 2.13. The van der Waals surface area contributed by atoms with E-state index in [4.69, 9.17) is 5.73 Å². The Morgan fingerprint density at radius 1 is 1.22 bits per heavy atom. The normalized spacial score (nSPS) is 10.1. The molecule has 0 saturated heterocycles. The number of rotatable bonds is 2. The van der Waals surface area contributed by atoms with Crippen LogP contribution in [0.5, 0.6) is 0 Å². The molecule has 0 saturated carbocycles. The van der Waals surface area contributed by atoms with Gasteiger partial charge in [0.15, 0.2) is 5.82 Å². The first kappa shape index (κ1) is 11.9. The van der Waals surface area contributed by atoms with Crippen molar-refractivity contribution in [3.8, 4) is 0 Å². The maximum atomic E-state index is 13.2. The summed E-state index contributed by atoms with van der Waals surface area (Å²) >= 11 is 0. The standard InChI is InChI=1S/C11H8F2N4O/c12-7-3-6(4-8(13)10(7)14)11(18)17-9-5-15-1-2-16-9/h1-5H,14H2,(H,16,17,18). The quantitative estimate of drug-likeness (QED) is 0.793. The molecule has 2 rings (SSSR count). The predicted molar refractivity (Wildman–Crippen MR) is 60.8 cm³/mol. The minimum absolute atomic E-state index is 0.181. The Balaban J connectivity index is 2.25. The summed E-state index contributed by atoms with van der Waals surface area (Å²) < 4.78 is 26.3. The number of amides is 1. The molecule has 0 spiro atoms. The van der Waals surface area contributed by atoms with Gasteiger partial charge in [0.1, 0.15) is 17.3 Å². The summed E-state index contributed by atoms with van der Waals surface area (Å²) in [7, 11) is 0. The maximum Gasteiger partial charge on any atom is 0.257 e. The van der Waals surface area contributed by atoms with Crippen molar-refractivity contribution in [2.24, 2.45) is 0 Å². The molecule has 0 atom stereocenters. The van der Waals surface area contributed by atoms with E-state index < -0.39 is 23.2 Å². The summed E-state index contributed by atoms with van der Waals surface area (Å²) in [6.07, 6.45) is 4.11. The summed E-state index contributed by atoms with van der Waals surface area (Å²) in [4.78, 5) is 19.2. The van der Waals surface area contributed by atoms with E-state index in [1.165, 1.54) is 18.6 Å². The summed E-state index contributed by atoms with van der Waals surface area (Å²) in [5.41, 5.74) is 4.29. The third-order valence-corrected chi connectivity index (χ3v) is 2.15. The van der Waals surface area contributed by atoms with Crippen LogP contribution in [-0.2, 0) is 0 Å². The van der Waals surface area contributed by atoms with Crippen LogP contribution in [-0.4, -0.2) is 15.9 Å². The summed E-state index contributed by atoms with van der Waals surface area (Å²) in [6.45, 7) is 0. The number of aromatic nitrogens is 2. The van der Waals surface area contributed by atoms with E-state index in [1.807, 2.05) is 0 Å². The van der Waals surface area contributed by atoms with Gasteiger partial charge in [-0.15, -0.1) is 0 Å². The number of nitrogens with two attached hydrogens (primary N) is 1. The van der Waals surface area contributed by atoms with Gasteiger partial charge < -0.3 is 11.1 Å². The highest BCUT2D eigenvalue weighted by Crippen LogP contribution is 2.17. The van der Waals surface area contributed by atoms with E-state index in [2.05, 4.69) is 15.3 Å². The van der Waals surface area contributed by atoms with Crippen LogP contribution >= 0.6 is 0 Å². The van der Waals surface area contributed by atoms with Crippen molar-refractivity contribution in [3.05, 3.63) is 47.9 Å². The maximum absolute atomic E-state index is 13.2. The molecule has 0 aliphatic rings. The van der Waals surface area contributed by atoms with Gasteiger partial charge in [-0.1, -0.05) is 0 Å². The molecule has 0 aliphatic heterocycles. The zero-order valence-electron chi connectivity index (χ0n) is 9.02. The lowest BCUT2D eigenvalue weighted by Crippen LogP contribution is -2.14. The van der Waals surface area contributed by atoms with E-state index in [9.17, 15) is 13.6 Å². The lowest BCUT2D eigenvalue weighted by molar-refractivity contribution is 0.102. The van der Waals surface area contributed by atoms with Gasteiger partial charge in [-0.25, -0.2) is 13.8 Å². The SMILES string of the molecule is Nc1c(F)cc(C(=O)Nc2cnccn2)cc1F. The van der Waals surface area contributed by atoms with Gasteiger partial charge in [0.25, 0.3) is 5.91 Å². The minimum atomic E-state index is -0.987. The molecular formula is C11H8F2N4O. The molecule has 18 heavy (non-hydrogen) atoms. The lowest BCUT2D eigenvalue weighted by Gasteiger charge is -2.05. The number of carbonyl (C=O) groups excluding carboxylic acids is 1. The van der Waals surface area contributed by atoms with Crippen LogP contribution in [0.15, 0.2) is 30.7 Å². The molecule has 2 aromatic rings. The average Bonchev–Trinajstić information content (AvgIpc) is 2.36. The van der Waals surface area contributed by atoms with Crippen molar-refractivity contribution >= 4 is 17.4 Å². The van der Waals surface area contributed by atoms with Gasteiger partial charge in [-0.3, -0.25) is 9.78 Å². The Bertz CT molecular complexity index is 566. The molecule has 0 radical (unpaired) electrons. The molecule has 1 amide bonds. The number of nitrogens with zero attached hydrogens (tertiary/aromatic N) is 2. The number of hydrogen-bond donors (Lipinski definition) is 2. The first-order valence-corrected chi connectivity index (χ1v) is 4.90. The fourth-order valence-corrected chi connectivity index (χ4v) is 1.27. The van der Waals surface area contributed by atoms with Gasteiger partial charge >= 0.3 is 0 Å². The molecule has 92 valence electrons. The van der Waals surface area contributed by atoms with Crippen molar-refractivity contribution in [3.63, 3.8) is 0 Å². The number of anilines is 2. The van der Waals surface area contributed by atoms with E-state index in [-0.39, 0.29) is 11.4 Å². The van der Waals surface area contributed by atoms with Crippen LogP contribution in [0.4, 0.5) is 20.3 Å². The van der Waals surface area contributed by atoms with Gasteiger partial charge in [0.2, 0.25) is 0 Å². The number of halogens is 2. The molecule has 7 heteroatoms. The van der Waals surface area contributed by atoms with Crippen molar-refractivity contribution in [2.75, 3.05) is 11.1 Å². The average molecular weight is 250 g/mol. The molecule has 0 unspecified atom stereocenters. The molecule has 1 aromatic heterocycles. The number of carbonyl (C=O) groups is 1. The summed E-state index contributed by atoms with van der Waals surface area (Å²) in [5, 5.41) is 2.35. The second kappa shape index (κ2) is 4.74. The molecule has 1 heterocycles. The van der Waals surface area contributed by atoms with Gasteiger partial charge in [-0.2, -0.15) is 0 Å². The first-order chi connectivity index (χ1) is 8.58.